The third kappa shape index (κ3) is 5.85. The van der Waals surface area contributed by atoms with Crippen LogP contribution in [0.2, 0.25) is 0 Å². The van der Waals surface area contributed by atoms with Crippen molar-refractivity contribution in [2.24, 2.45) is 0 Å². The van der Waals surface area contributed by atoms with E-state index in [1.54, 1.807) is 0 Å². The van der Waals surface area contributed by atoms with Gasteiger partial charge in [-0.1, -0.05) is 208 Å². The topological polar surface area (TPSA) is 3.24 Å². The molecule has 284 valence electrons. The highest BCUT2D eigenvalue weighted by atomic mass is 15.1. The first-order valence-electron chi connectivity index (χ1n) is 20.9. The standard InChI is InChI=1S/C59H43N/c1-59(2)54-28-14-13-25-53(54)57-50(26-15-29-55(57)59)43-33-35-45(36-34-43)60(46-37-38-49-44(39-46)32-31-42-21-9-10-22-47(42)49)56-30-16-27-51(41-19-7-4-8-20-41)58(56)52-24-12-11-23-48(52)40-17-5-3-6-18-40/h3-39H,1-2H3. The second-order valence-corrected chi connectivity index (χ2v) is 16.5. The summed E-state index contributed by atoms with van der Waals surface area (Å²) in [6.45, 7) is 4.71. The lowest BCUT2D eigenvalue weighted by Crippen LogP contribution is -2.14. The molecule has 10 aromatic carbocycles. The van der Waals surface area contributed by atoms with Gasteiger partial charge in [0.1, 0.15) is 0 Å². The van der Waals surface area contributed by atoms with E-state index in [0.29, 0.717) is 0 Å². The maximum atomic E-state index is 2.47. The van der Waals surface area contributed by atoms with Crippen molar-refractivity contribution >= 4 is 38.6 Å². The van der Waals surface area contributed by atoms with Crippen molar-refractivity contribution in [3.05, 3.63) is 236 Å². The third-order valence-electron chi connectivity index (χ3n) is 12.7. The van der Waals surface area contributed by atoms with Crippen molar-refractivity contribution in [1.29, 1.82) is 0 Å². The summed E-state index contributed by atoms with van der Waals surface area (Å²) in [4.78, 5) is 2.47. The molecule has 0 unspecified atom stereocenters. The van der Waals surface area contributed by atoms with Gasteiger partial charge in [-0.25, -0.2) is 0 Å². The molecular weight excluding hydrogens is 723 g/mol. The molecule has 1 nitrogen and oxygen atoms in total. The summed E-state index contributed by atoms with van der Waals surface area (Å²) in [6, 6.07) is 82.5. The van der Waals surface area contributed by atoms with Gasteiger partial charge >= 0.3 is 0 Å². The monoisotopic (exact) mass is 765 g/mol. The number of hydrogen-bond donors (Lipinski definition) is 0. The zero-order chi connectivity index (χ0) is 40.2. The van der Waals surface area contributed by atoms with E-state index in [0.717, 1.165) is 17.1 Å². The van der Waals surface area contributed by atoms with Crippen LogP contribution < -0.4 is 4.90 Å². The molecule has 10 aromatic rings. The van der Waals surface area contributed by atoms with Crippen molar-refractivity contribution in [3.63, 3.8) is 0 Å². The minimum absolute atomic E-state index is 0.0592. The first-order chi connectivity index (χ1) is 29.5. The Morgan fingerprint density at radius 3 is 1.60 bits per heavy atom. The molecule has 0 radical (unpaired) electrons. The van der Waals surface area contributed by atoms with Gasteiger partial charge < -0.3 is 4.90 Å². The van der Waals surface area contributed by atoms with Crippen molar-refractivity contribution < 1.29 is 0 Å². The Bertz CT molecular complexity index is 3210. The van der Waals surface area contributed by atoms with Crippen LogP contribution in [-0.4, -0.2) is 0 Å². The van der Waals surface area contributed by atoms with Gasteiger partial charge in [-0.3, -0.25) is 0 Å². The lowest BCUT2D eigenvalue weighted by Gasteiger charge is -2.30. The number of benzene rings is 10. The van der Waals surface area contributed by atoms with Crippen LogP contribution in [0.15, 0.2) is 224 Å². The minimum Gasteiger partial charge on any atom is -0.310 e. The zero-order valence-corrected chi connectivity index (χ0v) is 33.8. The molecule has 0 aliphatic heterocycles. The van der Waals surface area contributed by atoms with Crippen molar-refractivity contribution in [2.45, 2.75) is 19.3 Å². The van der Waals surface area contributed by atoms with E-state index in [2.05, 4.69) is 243 Å². The van der Waals surface area contributed by atoms with Crippen molar-refractivity contribution in [2.75, 3.05) is 4.90 Å². The summed E-state index contributed by atoms with van der Waals surface area (Å²) in [5.41, 5.74) is 18.3. The Morgan fingerprint density at radius 2 is 0.833 bits per heavy atom. The van der Waals surface area contributed by atoms with E-state index in [1.165, 1.54) is 88.3 Å². The third-order valence-corrected chi connectivity index (χ3v) is 12.7. The summed E-state index contributed by atoms with van der Waals surface area (Å²) in [6.07, 6.45) is 0. The molecule has 1 aliphatic rings. The Morgan fingerprint density at radius 1 is 0.317 bits per heavy atom. The van der Waals surface area contributed by atoms with E-state index in [4.69, 9.17) is 0 Å². The molecule has 0 bridgehead atoms. The fourth-order valence-electron chi connectivity index (χ4n) is 9.79. The molecule has 0 saturated carbocycles. The Labute approximate surface area is 352 Å². The second kappa shape index (κ2) is 14.4. The molecule has 11 rings (SSSR count). The molecule has 0 N–H and O–H groups in total. The minimum atomic E-state index is -0.0592. The van der Waals surface area contributed by atoms with Gasteiger partial charge in [0.05, 0.1) is 5.69 Å². The van der Waals surface area contributed by atoms with Gasteiger partial charge in [0.25, 0.3) is 0 Å². The van der Waals surface area contributed by atoms with Gasteiger partial charge in [-0.2, -0.15) is 0 Å². The van der Waals surface area contributed by atoms with Crippen LogP contribution in [-0.2, 0) is 5.41 Å². The normalized spacial score (nSPS) is 12.6. The summed E-state index contributed by atoms with van der Waals surface area (Å²) in [7, 11) is 0. The highest BCUT2D eigenvalue weighted by molar-refractivity contribution is 6.09. The maximum Gasteiger partial charge on any atom is 0.0546 e. The predicted molar refractivity (Wildman–Crippen MR) is 255 cm³/mol. The zero-order valence-electron chi connectivity index (χ0n) is 33.8. The predicted octanol–water partition coefficient (Wildman–Crippen LogP) is 16.4. The first kappa shape index (κ1) is 35.7. The van der Waals surface area contributed by atoms with E-state index in [1.807, 2.05) is 0 Å². The van der Waals surface area contributed by atoms with Crippen LogP contribution in [0.5, 0.6) is 0 Å². The summed E-state index contributed by atoms with van der Waals surface area (Å²) in [5, 5.41) is 4.97. The van der Waals surface area contributed by atoms with E-state index < -0.39 is 0 Å². The number of hydrogen-bond acceptors (Lipinski definition) is 1. The van der Waals surface area contributed by atoms with Crippen LogP contribution in [0, 0.1) is 0 Å². The fraction of sp³-hybridized carbons (Fsp3) is 0.0508. The quantitative estimate of drug-likeness (QED) is 0.146. The average molecular weight is 766 g/mol. The number of fused-ring (bicyclic) bond motifs is 6. The lowest BCUT2D eigenvalue weighted by atomic mass is 9.82. The molecular formula is C59H43N. The van der Waals surface area contributed by atoms with Gasteiger partial charge in [-0.15, -0.1) is 0 Å². The van der Waals surface area contributed by atoms with Crippen LogP contribution in [0.4, 0.5) is 17.1 Å². The van der Waals surface area contributed by atoms with Crippen LogP contribution in [0.1, 0.15) is 25.0 Å². The van der Waals surface area contributed by atoms with Crippen LogP contribution in [0.3, 0.4) is 0 Å². The molecule has 1 aliphatic carbocycles. The van der Waals surface area contributed by atoms with Gasteiger partial charge in [-0.05, 0) is 113 Å². The van der Waals surface area contributed by atoms with E-state index in [-0.39, 0.29) is 5.41 Å². The largest absolute Gasteiger partial charge is 0.310 e. The number of rotatable bonds is 7. The molecule has 60 heavy (non-hydrogen) atoms. The smallest absolute Gasteiger partial charge is 0.0546 e. The first-order valence-corrected chi connectivity index (χ1v) is 20.9. The van der Waals surface area contributed by atoms with E-state index >= 15 is 0 Å². The van der Waals surface area contributed by atoms with Gasteiger partial charge in [0, 0.05) is 22.4 Å². The van der Waals surface area contributed by atoms with Crippen LogP contribution in [0.25, 0.3) is 77.2 Å². The number of anilines is 3. The summed E-state index contributed by atoms with van der Waals surface area (Å²) in [5.74, 6) is 0. The van der Waals surface area contributed by atoms with Gasteiger partial charge in [0.15, 0.2) is 0 Å². The molecule has 0 fully saturated rings. The molecule has 0 aromatic heterocycles. The Balaban J connectivity index is 1.15. The molecule has 1 heteroatoms. The van der Waals surface area contributed by atoms with Crippen molar-refractivity contribution in [3.8, 4) is 55.6 Å². The average Bonchev–Trinajstić information content (AvgIpc) is 3.55. The Hall–Kier alpha value is -7.48. The molecule has 0 spiro atoms. The number of nitrogens with zero attached hydrogens (tertiary/aromatic N) is 1. The highest BCUT2D eigenvalue weighted by Crippen LogP contribution is 2.53. The summed E-state index contributed by atoms with van der Waals surface area (Å²) >= 11 is 0. The lowest BCUT2D eigenvalue weighted by molar-refractivity contribution is 0.660. The highest BCUT2D eigenvalue weighted by Gasteiger charge is 2.36. The molecule has 0 heterocycles. The van der Waals surface area contributed by atoms with Crippen LogP contribution >= 0.6 is 0 Å². The molecule has 0 atom stereocenters. The fourth-order valence-corrected chi connectivity index (χ4v) is 9.79. The second-order valence-electron chi connectivity index (χ2n) is 16.5. The van der Waals surface area contributed by atoms with Crippen molar-refractivity contribution in [1.82, 2.24) is 0 Å². The summed E-state index contributed by atoms with van der Waals surface area (Å²) < 4.78 is 0. The van der Waals surface area contributed by atoms with Gasteiger partial charge in [0.2, 0.25) is 0 Å². The molecule has 0 amide bonds. The van der Waals surface area contributed by atoms with E-state index in [9.17, 15) is 0 Å². The molecule has 0 saturated heterocycles. The SMILES string of the molecule is CC1(C)c2ccccc2-c2c(-c3ccc(N(c4ccc5c(ccc6ccccc65)c4)c4cccc(-c5ccccc5)c4-c4ccccc4-c4ccccc4)cc3)cccc21. The maximum absolute atomic E-state index is 2.47. The Kier molecular flexibility index (Phi) is 8.57.